The van der Waals surface area contributed by atoms with Crippen LogP contribution in [0, 0.1) is 0 Å². The van der Waals surface area contributed by atoms with Crippen LogP contribution in [0.5, 0.6) is 0 Å². The van der Waals surface area contributed by atoms with E-state index in [0.717, 1.165) is 55.2 Å². The second-order valence-corrected chi connectivity index (χ2v) is 10.9. The number of benzene rings is 2. The van der Waals surface area contributed by atoms with Crippen LogP contribution in [-0.4, -0.2) is 77.3 Å². The van der Waals surface area contributed by atoms with Crippen molar-refractivity contribution in [3.63, 3.8) is 0 Å². The van der Waals surface area contributed by atoms with Crippen molar-refractivity contribution in [3.05, 3.63) is 77.2 Å². The molecule has 39 heavy (non-hydrogen) atoms. The molecule has 8 nitrogen and oxygen atoms in total. The number of rotatable bonds is 1. The van der Waals surface area contributed by atoms with Gasteiger partial charge in [0.15, 0.2) is 0 Å². The van der Waals surface area contributed by atoms with E-state index in [9.17, 15) is 9.90 Å². The third-order valence-corrected chi connectivity index (χ3v) is 8.05. The lowest BCUT2D eigenvalue weighted by Crippen LogP contribution is -2.39. The lowest BCUT2D eigenvalue weighted by molar-refractivity contribution is -0.123. The first-order chi connectivity index (χ1) is 19.1. The molecule has 2 fully saturated rings. The number of aromatic nitrogens is 2. The minimum Gasteiger partial charge on any atom is -0.392 e. The monoisotopic (exact) mass is 527 g/mol. The number of nitrogens with one attached hydrogen (secondary N) is 1. The molecule has 2 atom stereocenters. The quantitative estimate of drug-likeness (QED) is 0.499. The summed E-state index contributed by atoms with van der Waals surface area (Å²) in [4.78, 5) is 27.3. The van der Waals surface area contributed by atoms with Crippen LogP contribution in [0.25, 0.3) is 11.3 Å². The van der Waals surface area contributed by atoms with Gasteiger partial charge in [-0.25, -0.2) is 9.97 Å². The van der Waals surface area contributed by atoms with Crippen molar-refractivity contribution in [3.8, 4) is 11.3 Å². The number of nitrogens with zero attached hydrogens (tertiary/aromatic N) is 4. The Bertz CT molecular complexity index is 1290. The summed E-state index contributed by atoms with van der Waals surface area (Å²) in [6, 6.07) is 16.8. The number of morpholine rings is 1. The number of hydrogen-bond donors (Lipinski definition) is 2. The maximum absolute atomic E-state index is 13.3. The molecule has 0 saturated carbocycles. The number of aliphatic hydroxyl groups is 1. The van der Waals surface area contributed by atoms with E-state index < -0.39 is 6.10 Å². The normalized spacial score (nSPS) is 23.0. The molecule has 0 unspecified atom stereocenters. The molecule has 5 heterocycles. The van der Waals surface area contributed by atoms with Gasteiger partial charge < -0.3 is 20.1 Å². The number of anilines is 1. The van der Waals surface area contributed by atoms with Crippen LogP contribution in [0.2, 0.25) is 0 Å². The summed E-state index contributed by atoms with van der Waals surface area (Å²) in [7, 11) is 0. The van der Waals surface area contributed by atoms with Crippen LogP contribution in [-0.2, 0) is 29.0 Å². The van der Waals surface area contributed by atoms with Gasteiger partial charge in [0, 0.05) is 63.0 Å². The summed E-state index contributed by atoms with van der Waals surface area (Å²) in [6.07, 6.45) is 3.79. The Morgan fingerprint density at radius 3 is 2.69 bits per heavy atom. The average molecular weight is 528 g/mol. The van der Waals surface area contributed by atoms with Crippen LogP contribution < -0.4 is 10.2 Å². The largest absolute Gasteiger partial charge is 0.392 e. The Morgan fingerprint density at radius 2 is 1.85 bits per heavy atom. The van der Waals surface area contributed by atoms with Crippen LogP contribution in [0.15, 0.2) is 54.7 Å². The average Bonchev–Trinajstić information content (AvgIpc) is 3.33. The Hall–Kier alpha value is -3.17. The van der Waals surface area contributed by atoms with Crippen molar-refractivity contribution in [2.45, 2.75) is 50.9 Å². The first kappa shape index (κ1) is 26.1. The van der Waals surface area contributed by atoms with E-state index in [1.165, 1.54) is 16.8 Å². The highest BCUT2D eigenvalue weighted by Crippen LogP contribution is 2.30. The molecule has 1 aromatic heterocycles. The summed E-state index contributed by atoms with van der Waals surface area (Å²) in [5.74, 6) is 1.00. The Morgan fingerprint density at radius 1 is 1.03 bits per heavy atom. The van der Waals surface area contributed by atoms with Gasteiger partial charge in [-0.05, 0) is 48.2 Å². The molecule has 0 radical (unpaired) electrons. The Kier molecular flexibility index (Phi) is 7.97. The number of hydrogen-bond acceptors (Lipinski definition) is 8. The predicted molar refractivity (Wildman–Crippen MR) is 151 cm³/mol. The van der Waals surface area contributed by atoms with Crippen LogP contribution >= 0.6 is 0 Å². The molecule has 0 aliphatic carbocycles. The van der Waals surface area contributed by atoms with E-state index in [-0.39, 0.29) is 11.8 Å². The minimum atomic E-state index is -0.479. The number of ether oxygens (including phenoxy) is 1. The third-order valence-electron chi connectivity index (χ3n) is 8.05. The van der Waals surface area contributed by atoms with Gasteiger partial charge in [-0.2, -0.15) is 0 Å². The van der Waals surface area contributed by atoms with Gasteiger partial charge in [0.25, 0.3) is 0 Å². The van der Waals surface area contributed by atoms with E-state index in [2.05, 4.69) is 62.6 Å². The molecular formula is C31H37N5O3. The molecule has 2 aromatic carbocycles. The van der Waals surface area contributed by atoms with Gasteiger partial charge in [-0.15, -0.1) is 0 Å². The Balaban J connectivity index is 1.35. The number of fused-ring (bicyclic) bond motifs is 7. The van der Waals surface area contributed by atoms with E-state index in [0.29, 0.717) is 45.6 Å². The summed E-state index contributed by atoms with van der Waals surface area (Å²) in [6.45, 7) is 5.78. The highest BCUT2D eigenvalue weighted by atomic mass is 16.5. The molecule has 4 aliphatic rings. The molecule has 8 heteroatoms. The molecule has 0 amide bonds. The molecule has 4 aliphatic heterocycles. The first-order valence-corrected chi connectivity index (χ1v) is 14.1. The van der Waals surface area contributed by atoms with E-state index in [1.807, 2.05) is 12.3 Å². The number of carbonyl (C=O) groups excluding carboxylic acids is 1. The van der Waals surface area contributed by atoms with Gasteiger partial charge >= 0.3 is 0 Å². The molecule has 2 saturated heterocycles. The van der Waals surface area contributed by atoms with E-state index in [1.54, 1.807) is 0 Å². The predicted octanol–water partition coefficient (Wildman–Crippen LogP) is 2.96. The van der Waals surface area contributed by atoms with Crippen molar-refractivity contribution in [1.82, 2.24) is 20.2 Å². The molecule has 3 aromatic rings. The number of aliphatic hydroxyl groups excluding tert-OH is 1. The number of ketones is 1. The number of Topliss-reactive ketones (excluding diaryl/α,β-unsaturated/α-hetero) is 1. The fourth-order valence-corrected chi connectivity index (χ4v) is 6.00. The zero-order valence-electron chi connectivity index (χ0n) is 22.4. The van der Waals surface area contributed by atoms with Crippen molar-refractivity contribution >= 4 is 11.5 Å². The van der Waals surface area contributed by atoms with Crippen molar-refractivity contribution in [2.24, 2.45) is 0 Å². The van der Waals surface area contributed by atoms with Crippen molar-refractivity contribution in [1.29, 1.82) is 0 Å². The topological polar surface area (TPSA) is 90.8 Å². The van der Waals surface area contributed by atoms with Crippen LogP contribution in [0.4, 0.5) is 5.69 Å². The van der Waals surface area contributed by atoms with Gasteiger partial charge in [-0.1, -0.05) is 36.4 Å². The fraction of sp³-hybridized carbons (Fsp3) is 0.452. The summed E-state index contributed by atoms with van der Waals surface area (Å²) in [5, 5.41) is 14.0. The smallest absolute Gasteiger partial charge is 0.150 e. The fourth-order valence-electron chi connectivity index (χ4n) is 6.00. The second kappa shape index (κ2) is 11.9. The molecule has 7 rings (SSSR count). The van der Waals surface area contributed by atoms with Gasteiger partial charge in [-0.3, -0.25) is 9.69 Å². The van der Waals surface area contributed by atoms with Gasteiger partial charge in [0.2, 0.25) is 0 Å². The highest BCUT2D eigenvalue weighted by Gasteiger charge is 2.36. The minimum absolute atomic E-state index is 0.224. The second-order valence-electron chi connectivity index (χ2n) is 10.9. The molecule has 2 N–H and O–H groups in total. The summed E-state index contributed by atoms with van der Waals surface area (Å²) >= 11 is 0. The lowest BCUT2D eigenvalue weighted by Gasteiger charge is -2.32. The molecule has 204 valence electrons. The standard InChI is InChI=1S/C31H37N5O3/c37-26-18-29-30(38)2-1-10-32-19-22-3-6-24(7-4-22)27-9-11-33-31(34-27)17-23-5-8-28(35-12-14-39-15-13-35)25(16-23)20-36(29)21-26/h3-9,11,16,26,29,32,37H,1-2,10,12-15,17-21H2/t26-,29+/m1/s1. The summed E-state index contributed by atoms with van der Waals surface area (Å²) < 4.78 is 5.61. The van der Waals surface area contributed by atoms with Crippen LogP contribution in [0.3, 0.4) is 0 Å². The lowest BCUT2D eigenvalue weighted by atomic mass is 10.0. The molecule has 6 bridgehead atoms. The SMILES string of the molecule is O=C1CCCNCc2ccc(cc2)-c2ccnc(n2)Cc2ccc(N3CCOCC3)c(c2)CN2C[C@H](O)C[C@@H]12. The van der Waals surface area contributed by atoms with Gasteiger partial charge in [0.1, 0.15) is 11.6 Å². The maximum atomic E-state index is 13.3. The van der Waals surface area contributed by atoms with Gasteiger partial charge in [0.05, 0.1) is 31.1 Å². The Labute approximate surface area is 230 Å². The van der Waals surface area contributed by atoms with E-state index >= 15 is 0 Å². The highest BCUT2D eigenvalue weighted by molar-refractivity contribution is 5.84. The zero-order chi connectivity index (χ0) is 26.6. The first-order valence-electron chi connectivity index (χ1n) is 14.1. The van der Waals surface area contributed by atoms with Crippen molar-refractivity contribution < 1.29 is 14.6 Å². The van der Waals surface area contributed by atoms with Crippen LogP contribution in [0.1, 0.15) is 41.8 Å². The maximum Gasteiger partial charge on any atom is 0.150 e. The number of carbonyl (C=O) groups is 1. The van der Waals surface area contributed by atoms with Crippen molar-refractivity contribution in [2.75, 3.05) is 44.3 Å². The van der Waals surface area contributed by atoms with E-state index in [4.69, 9.17) is 9.72 Å². The zero-order valence-corrected chi connectivity index (χ0v) is 22.4. The summed E-state index contributed by atoms with van der Waals surface area (Å²) in [5.41, 5.74) is 6.68. The third kappa shape index (κ3) is 6.20. The molecular weight excluding hydrogens is 490 g/mol. The molecule has 0 spiro atoms.